The molecule has 6 nitrogen and oxygen atoms in total. The maximum Gasteiger partial charge on any atom is 0.195 e. The molecule has 0 saturated carbocycles. The lowest BCUT2D eigenvalue weighted by Crippen LogP contribution is -2.04. The van der Waals surface area contributed by atoms with Gasteiger partial charge in [0.05, 0.1) is 5.56 Å². The van der Waals surface area contributed by atoms with Gasteiger partial charge in [-0.1, -0.05) is 0 Å². The molecule has 0 saturated heterocycles. The SMILES string of the molecule is Cc1cc(C(=O)c2cn(C(C)C)c3ncncc23)cc(N)n1. The molecule has 3 aromatic heterocycles. The first-order valence-corrected chi connectivity index (χ1v) is 7.06. The number of nitrogens with zero attached hydrogens (tertiary/aromatic N) is 4. The molecule has 0 fully saturated rings. The van der Waals surface area contributed by atoms with Crippen LogP contribution < -0.4 is 5.73 Å². The van der Waals surface area contributed by atoms with Crippen LogP contribution in [0.4, 0.5) is 5.82 Å². The van der Waals surface area contributed by atoms with Gasteiger partial charge in [-0.25, -0.2) is 15.0 Å². The molecule has 3 aromatic rings. The van der Waals surface area contributed by atoms with E-state index in [4.69, 9.17) is 5.73 Å². The van der Waals surface area contributed by atoms with Crippen molar-refractivity contribution in [2.75, 3.05) is 5.73 Å². The van der Waals surface area contributed by atoms with E-state index in [1.54, 1.807) is 18.3 Å². The number of rotatable bonds is 3. The Labute approximate surface area is 128 Å². The third-order valence-electron chi connectivity index (χ3n) is 3.53. The second-order valence-electron chi connectivity index (χ2n) is 5.56. The zero-order valence-electron chi connectivity index (χ0n) is 12.7. The molecule has 112 valence electrons. The first-order valence-electron chi connectivity index (χ1n) is 7.06. The average molecular weight is 295 g/mol. The molecule has 6 heteroatoms. The zero-order valence-corrected chi connectivity index (χ0v) is 12.7. The minimum Gasteiger partial charge on any atom is -0.384 e. The standard InChI is InChI=1S/C16H17N5O/c1-9(2)21-7-13(12-6-18-8-19-16(12)21)15(22)11-4-10(3)20-14(17)5-11/h4-9H,1-3H3,(H2,17,20). The molecule has 0 aliphatic carbocycles. The molecule has 0 aliphatic heterocycles. The van der Waals surface area contributed by atoms with Gasteiger partial charge in [0, 0.05) is 35.1 Å². The van der Waals surface area contributed by atoms with Crippen LogP contribution in [0.15, 0.2) is 30.9 Å². The Morgan fingerprint density at radius 1 is 1.32 bits per heavy atom. The molecule has 22 heavy (non-hydrogen) atoms. The maximum absolute atomic E-state index is 12.8. The largest absolute Gasteiger partial charge is 0.384 e. The summed E-state index contributed by atoms with van der Waals surface area (Å²) < 4.78 is 1.97. The Hall–Kier alpha value is -2.76. The minimum absolute atomic E-state index is 0.101. The second-order valence-corrected chi connectivity index (χ2v) is 5.56. The summed E-state index contributed by atoms with van der Waals surface area (Å²) in [7, 11) is 0. The van der Waals surface area contributed by atoms with Gasteiger partial charge >= 0.3 is 0 Å². The van der Waals surface area contributed by atoms with E-state index in [-0.39, 0.29) is 11.8 Å². The van der Waals surface area contributed by atoms with Crippen LogP contribution in [0.1, 0.15) is 41.5 Å². The van der Waals surface area contributed by atoms with Gasteiger partial charge in [-0.15, -0.1) is 0 Å². The normalized spacial score (nSPS) is 11.3. The number of ketones is 1. The number of nitrogen functional groups attached to an aromatic ring is 1. The molecular formula is C16H17N5O. The number of anilines is 1. The second kappa shape index (κ2) is 5.22. The summed E-state index contributed by atoms with van der Waals surface area (Å²) in [5.41, 5.74) is 8.32. The molecule has 0 aromatic carbocycles. The zero-order chi connectivity index (χ0) is 15.9. The van der Waals surface area contributed by atoms with Crippen molar-refractivity contribution >= 4 is 22.6 Å². The highest BCUT2D eigenvalue weighted by Gasteiger charge is 2.19. The van der Waals surface area contributed by atoms with Gasteiger partial charge in [0.25, 0.3) is 0 Å². The molecule has 3 rings (SSSR count). The van der Waals surface area contributed by atoms with Crippen LogP contribution >= 0.6 is 0 Å². The van der Waals surface area contributed by atoms with Crippen LogP contribution in [0, 0.1) is 6.92 Å². The summed E-state index contributed by atoms with van der Waals surface area (Å²) in [5.74, 6) is 0.239. The summed E-state index contributed by atoms with van der Waals surface area (Å²) in [5, 5.41) is 0.745. The Bertz CT molecular complexity index is 846. The summed E-state index contributed by atoms with van der Waals surface area (Å²) in [6, 6.07) is 3.53. The van der Waals surface area contributed by atoms with Crippen LogP contribution in [0.5, 0.6) is 0 Å². The number of hydrogen-bond acceptors (Lipinski definition) is 5. The monoisotopic (exact) mass is 295 g/mol. The molecular weight excluding hydrogens is 278 g/mol. The lowest BCUT2D eigenvalue weighted by Gasteiger charge is -2.07. The van der Waals surface area contributed by atoms with Gasteiger partial charge in [0.1, 0.15) is 17.8 Å². The first kappa shape index (κ1) is 14.2. The highest BCUT2D eigenvalue weighted by molar-refractivity contribution is 6.16. The minimum atomic E-state index is -0.101. The van der Waals surface area contributed by atoms with Gasteiger partial charge in [0.2, 0.25) is 0 Å². The highest BCUT2D eigenvalue weighted by atomic mass is 16.1. The summed E-state index contributed by atoms with van der Waals surface area (Å²) in [6.45, 7) is 5.91. The van der Waals surface area contributed by atoms with E-state index in [0.29, 0.717) is 22.6 Å². The molecule has 2 N–H and O–H groups in total. The predicted octanol–water partition coefficient (Wildman–Crippen LogP) is 2.53. The number of nitrogens with two attached hydrogens (primary N) is 1. The van der Waals surface area contributed by atoms with E-state index in [1.165, 1.54) is 6.33 Å². The number of fused-ring (bicyclic) bond motifs is 1. The van der Waals surface area contributed by atoms with Crippen molar-refractivity contribution in [2.45, 2.75) is 26.8 Å². The van der Waals surface area contributed by atoms with Gasteiger partial charge in [0.15, 0.2) is 5.78 Å². The topological polar surface area (TPSA) is 86.7 Å². The van der Waals surface area contributed by atoms with E-state index < -0.39 is 0 Å². The van der Waals surface area contributed by atoms with Gasteiger partial charge in [-0.2, -0.15) is 0 Å². The van der Waals surface area contributed by atoms with E-state index in [1.807, 2.05) is 31.5 Å². The Balaban J connectivity index is 2.19. The van der Waals surface area contributed by atoms with Crippen LogP contribution in [-0.4, -0.2) is 25.3 Å². The first-order chi connectivity index (χ1) is 10.5. The van der Waals surface area contributed by atoms with Crippen molar-refractivity contribution in [1.82, 2.24) is 19.5 Å². The summed E-state index contributed by atoms with van der Waals surface area (Å²) in [4.78, 5) is 25.3. The van der Waals surface area contributed by atoms with E-state index in [9.17, 15) is 4.79 Å². The highest BCUT2D eigenvalue weighted by Crippen LogP contribution is 2.25. The average Bonchev–Trinajstić information content (AvgIpc) is 2.85. The Morgan fingerprint density at radius 3 is 2.77 bits per heavy atom. The lowest BCUT2D eigenvalue weighted by molar-refractivity contribution is 0.104. The fraction of sp³-hybridized carbons (Fsp3) is 0.250. The number of carbonyl (C=O) groups is 1. The number of pyridine rings is 1. The molecule has 0 amide bonds. The Morgan fingerprint density at radius 2 is 2.09 bits per heavy atom. The molecule has 0 atom stereocenters. The molecule has 0 radical (unpaired) electrons. The predicted molar refractivity (Wildman–Crippen MR) is 84.7 cm³/mol. The summed E-state index contributed by atoms with van der Waals surface area (Å²) >= 11 is 0. The van der Waals surface area contributed by atoms with Crippen LogP contribution in [0.25, 0.3) is 11.0 Å². The maximum atomic E-state index is 12.8. The van der Waals surface area contributed by atoms with Gasteiger partial charge in [-0.3, -0.25) is 4.79 Å². The number of aromatic nitrogens is 4. The van der Waals surface area contributed by atoms with Crippen LogP contribution in [-0.2, 0) is 0 Å². The number of hydrogen-bond donors (Lipinski definition) is 1. The van der Waals surface area contributed by atoms with Crippen molar-refractivity contribution in [3.05, 3.63) is 47.7 Å². The molecule has 0 bridgehead atoms. The molecule has 0 unspecified atom stereocenters. The van der Waals surface area contributed by atoms with Crippen molar-refractivity contribution in [2.24, 2.45) is 0 Å². The Kier molecular flexibility index (Phi) is 3.36. The molecule has 0 aliphatic rings. The fourth-order valence-corrected chi connectivity index (χ4v) is 2.54. The fourth-order valence-electron chi connectivity index (χ4n) is 2.54. The smallest absolute Gasteiger partial charge is 0.195 e. The summed E-state index contributed by atoms with van der Waals surface area (Å²) in [6.07, 6.45) is 4.99. The van der Waals surface area contributed by atoms with Gasteiger partial charge < -0.3 is 10.3 Å². The molecule has 3 heterocycles. The molecule has 0 spiro atoms. The van der Waals surface area contributed by atoms with Crippen LogP contribution in [0.2, 0.25) is 0 Å². The van der Waals surface area contributed by atoms with E-state index >= 15 is 0 Å². The lowest BCUT2D eigenvalue weighted by atomic mass is 10.0. The van der Waals surface area contributed by atoms with E-state index in [2.05, 4.69) is 15.0 Å². The number of carbonyl (C=O) groups excluding carboxylic acids is 1. The number of aryl methyl sites for hydroxylation is 1. The van der Waals surface area contributed by atoms with Crippen molar-refractivity contribution < 1.29 is 4.79 Å². The van der Waals surface area contributed by atoms with Crippen molar-refractivity contribution in [3.63, 3.8) is 0 Å². The quantitative estimate of drug-likeness (QED) is 0.750. The van der Waals surface area contributed by atoms with E-state index in [0.717, 1.165) is 11.0 Å². The third-order valence-corrected chi connectivity index (χ3v) is 3.53. The van der Waals surface area contributed by atoms with Crippen molar-refractivity contribution in [3.8, 4) is 0 Å². The third kappa shape index (κ3) is 2.32. The van der Waals surface area contributed by atoms with Crippen molar-refractivity contribution in [1.29, 1.82) is 0 Å². The van der Waals surface area contributed by atoms with Crippen LogP contribution in [0.3, 0.4) is 0 Å². The van der Waals surface area contributed by atoms with Gasteiger partial charge in [-0.05, 0) is 32.9 Å².